The molecule has 1 fully saturated rings. The van der Waals surface area contributed by atoms with Crippen LogP contribution >= 0.6 is 0 Å². The Balaban J connectivity index is 2.18. The summed E-state index contributed by atoms with van der Waals surface area (Å²) in [6.45, 7) is 0. The molecule has 0 heterocycles. The highest BCUT2D eigenvalue weighted by Crippen LogP contribution is 2.26. The number of benzene rings is 1. The molecular weight excluding hydrogens is 214 g/mol. The van der Waals surface area contributed by atoms with Crippen LogP contribution in [-0.2, 0) is 0 Å². The molecule has 0 spiro atoms. The lowest BCUT2D eigenvalue weighted by Crippen LogP contribution is -2.11. The van der Waals surface area contributed by atoms with Crippen LogP contribution in [0.15, 0.2) is 12.1 Å². The van der Waals surface area contributed by atoms with Gasteiger partial charge in [-0.05, 0) is 25.7 Å². The predicted molar refractivity (Wildman–Crippen MR) is 54.6 cm³/mol. The third kappa shape index (κ3) is 2.21. The predicted octanol–water partition coefficient (Wildman–Crippen LogP) is 3.10. The number of rotatable bonds is 3. The summed E-state index contributed by atoms with van der Waals surface area (Å²) in [5, 5.41) is 0. The molecule has 1 aromatic carbocycles. The average molecular weight is 226 g/mol. The lowest BCUT2D eigenvalue weighted by Gasteiger charge is -2.13. The Morgan fingerprint density at radius 2 is 1.75 bits per heavy atom. The minimum atomic E-state index is -0.872. The van der Waals surface area contributed by atoms with Gasteiger partial charge in [0.05, 0.1) is 11.7 Å². The Kier molecular flexibility index (Phi) is 3.17. The van der Waals surface area contributed by atoms with E-state index in [4.69, 9.17) is 4.74 Å². The third-order valence-electron chi connectivity index (χ3n) is 2.78. The minimum absolute atomic E-state index is 0.0425. The van der Waals surface area contributed by atoms with Crippen LogP contribution < -0.4 is 4.74 Å². The van der Waals surface area contributed by atoms with Gasteiger partial charge in [0.2, 0.25) is 0 Å². The van der Waals surface area contributed by atoms with Crippen molar-refractivity contribution in [3.05, 3.63) is 29.3 Å². The summed E-state index contributed by atoms with van der Waals surface area (Å²) < 4.78 is 31.9. The highest BCUT2D eigenvalue weighted by atomic mass is 19.1. The van der Waals surface area contributed by atoms with Gasteiger partial charge in [0.1, 0.15) is 17.4 Å². The van der Waals surface area contributed by atoms with Gasteiger partial charge in [0.15, 0.2) is 6.29 Å². The molecule has 1 saturated carbocycles. The number of carbonyl (C=O) groups excluding carboxylic acids is 1. The molecule has 0 atom stereocenters. The van der Waals surface area contributed by atoms with E-state index in [2.05, 4.69) is 0 Å². The molecule has 0 aliphatic heterocycles. The van der Waals surface area contributed by atoms with Crippen LogP contribution in [0, 0.1) is 11.6 Å². The van der Waals surface area contributed by atoms with E-state index in [0.717, 1.165) is 37.8 Å². The van der Waals surface area contributed by atoms with E-state index >= 15 is 0 Å². The first-order chi connectivity index (χ1) is 7.70. The largest absolute Gasteiger partial charge is 0.490 e. The fourth-order valence-electron chi connectivity index (χ4n) is 1.94. The molecule has 0 aromatic heterocycles. The number of halogens is 2. The van der Waals surface area contributed by atoms with Gasteiger partial charge in [0, 0.05) is 12.1 Å². The Bertz CT molecular complexity index is 375. The Hall–Kier alpha value is -1.45. The molecule has 16 heavy (non-hydrogen) atoms. The van der Waals surface area contributed by atoms with Crippen LogP contribution in [0.1, 0.15) is 36.0 Å². The SMILES string of the molecule is O=Cc1c(F)cc(OC2CCCC2)cc1F. The van der Waals surface area contributed by atoms with E-state index < -0.39 is 17.2 Å². The van der Waals surface area contributed by atoms with E-state index in [0.29, 0.717) is 0 Å². The normalized spacial score (nSPS) is 16.4. The zero-order valence-corrected chi connectivity index (χ0v) is 8.71. The molecule has 2 nitrogen and oxygen atoms in total. The summed E-state index contributed by atoms with van der Waals surface area (Å²) in [6, 6.07) is 2.12. The van der Waals surface area contributed by atoms with E-state index in [-0.39, 0.29) is 18.1 Å². The fraction of sp³-hybridized carbons (Fsp3) is 0.417. The maximum Gasteiger partial charge on any atom is 0.155 e. The average Bonchev–Trinajstić information content (AvgIpc) is 2.70. The number of ether oxygens (including phenoxy) is 1. The maximum atomic E-state index is 13.2. The summed E-state index contributed by atoms with van der Waals surface area (Å²) in [5.74, 6) is -1.58. The van der Waals surface area contributed by atoms with E-state index in [9.17, 15) is 13.6 Å². The molecule has 0 unspecified atom stereocenters. The fourth-order valence-corrected chi connectivity index (χ4v) is 1.94. The van der Waals surface area contributed by atoms with Gasteiger partial charge in [-0.25, -0.2) is 8.78 Å². The summed E-state index contributed by atoms with van der Waals surface area (Å²) in [5.41, 5.74) is -0.543. The molecule has 0 bridgehead atoms. The molecule has 4 heteroatoms. The second kappa shape index (κ2) is 4.60. The second-order valence-electron chi connectivity index (χ2n) is 3.94. The quantitative estimate of drug-likeness (QED) is 0.740. The van der Waals surface area contributed by atoms with Crippen molar-refractivity contribution in [1.82, 2.24) is 0 Å². The minimum Gasteiger partial charge on any atom is -0.490 e. The Morgan fingerprint density at radius 3 is 2.25 bits per heavy atom. The highest BCUT2D eigenvalue weighted by molar-refractivity contribution is 5.75. The van der Waals surface area contributed by atoms with Crippen molar-refractivity contribution in [2.45, 2.75) is 31.8 Å². The number of hydrogen-bond donors (Lipinski definition) is 0. The van der Waals surface area contributed by atoms with E-state index in [1.165, 1.54) is 0 Å². The molecule has 1 aromatic rings. The van der Waals surface area contributed by atoms with Crippen LogP contribution in [0.25, 0.3) is 0 Å². The molecule has 1 aliphatic carbocycles. The van der Waals surface area contributed by atoms with Crippen molar-refractivity contribution in [3.63, 3.8) is 0 Å². The topological polar surface area (TPSA) is 26.3 Å². The van der Waals surface area contributed by atoms with Crippen molar-refractivity contribution < 1.29 is 18.3 Å². The molecule has 1 aliphatic rings. The number of carbonyl (C=O) groups is 1. The molecule has 0 N–H and O–H groups in total. The van der Waals surface area contributed by atoms with Gasteiger partial charge in [0.25, 0.3) is 0 Å². The number of hydrogen-bond acceptors (Lipinski definition) is 2. The van der Waals surface area contributed by atoms with Crippen LogP contribution in [0.3, 0.4) is 0 Å². The molecule has 2 rings (SSSR count). The van der Waals surface area contributed by atoms with Gasteiger partial charge in [-0.15, -0.1) is 0 Å². The molecular formula is C12H12F2O2. The zero-order valence-electron chi connectivity index (χ0n) is 8.71. The van der Waals surface area contributed by atoms with Gasteiger partial charge in [-0.1, -0.05) is 0 Å². The first kappa shape index (κ1) is 11.0. The maximum absolute atomic E-state index is 13.2. The van der Waals surface area contributed by atoms with Crippen molar-refractivity contribution in [1.29, 1.82) is 0 Å². The molecule has 0 amide bonds. The summed E-state index contributed by atoms with van der Waals surface area (Å²) >= 11 is 0. The first-order valence-corrected chi connectivity index (χ1v) is 5.31. The van der Waals surface area contributed by atoms with E-state index in [1.807, 2.05) is 0 Å². The van der Waals surface area contributed by atoms with E-state index in [1.54, 1.807) is 0 Å². The van der Waals surface area contributed by atoms with Gasteiger partial charge >= 0.3 is 0 Å². The molecule has 86 valence electrons. The van der Waals surface area contributed by atoms with Crippen molar-refractivity contribution >= 4 is 6.29 Å². The lowest BCUT2D eigenvalue weighted by atomic mass is 10.2. The van der Waals surface area contributed by atoms with Gasteiger partial charge in [-0.3, -0.25) is 4.79 Å². The van der Waals surface area contributed by atoms with Crippen molar-refractivity contribution in [3.8, 4) is 5.75 Å². The van der Waals surface area contributed by atoms with Crippen LogP contribution in [0.5, 0.6) is 5.75 Å². The van der Waals surface area contributed by atoms with Crippen LogP contribution in [-0.4, -0.2) is 12.4 Å². The summed E-state index contributed by atoms with van der Waals surface area (Å²) in [7, 11) is 0. The van der Waals surface area contributed by atoms with Crippen molar-refractivity contribution in [2.24, 2.45) is 0 Å². The monoisotopic (exact) mass is 226 g/mol. The Labute approximate surface area is 92.2 Å². The van der Waals surface area contributed by atoms with Gasteiger partial charge < -0.3 is 4.74 Å². The zero-order chi connectivity index (χ0) is 11.5. The highest BCUT2D eigenvalue weighted by Gasteiger charge is 2.18. The van der Waals surface area contributed by atoms with Crippen molar-refractivity contribution in [2.75, 3.05) is 0 Å². The lowest BCUT2D eigenvalue weighted by molar-refractivity contribution is 0.111. The van der Waals surface area contributed by atoms with Crippen LogP contribution in [0.4, 0.5) is 8.78 Å². The third-order valence-corrected chi connectivity index (χ3v) is 2.78. The van der Waals surface area contributed by atoms with Crippen LogP contribution in [0.2, 0.25) is 0 Å². The first-order valence-electron chi connectivity index (χ1n) is 5.31. The second-order valence-corrected chi connectivity index (χ2v) is 3.94. The van der Waals surface area contributed by atoms with Gasteiger partial charge in [-0.2, -0.15) is 0 Å². The standard InChI is InChI=1S/C12H12F2O2/c13-11-5-9(6-12(14)10(11)7-15)16-8-3-1-2-4-8/h5-8H,1-4H2. The molecule has 0 saturated heterocycles. The number of aldehydes is 1. The molecule has 0 radical (unpaired) electrons. The summed E-state index contributed by atoms with van der Waals surface area (Å²) in [6.07, 6.45) is 4.21. The summed E-state index contributed by atoms with van der Waals surface area (Å²) in [4.78, 5) is 10.4. The smallest absolute Gasteiger partial charge is 0.155 e. The Morgan fingerprint density at radius 1 is 1.19 bits per heavy atom.